The predicted molar refractivity (Wildman–Crippen MR) is 144 cm³/mol. The Hall–Kier alpha value is -4.48. The number of primary amides is 1. The fraction of sp³-hybridized carbons (Fsp3) is 0.393. The number of nitrogens with two attached hydrogens (primary N) is 1. The van der Waals surface area contributed by atoms with Gasteiger partial charge in [-0.25, -0.2) is 4.39 Å². The Morgan fingerprint density at radius 3 is 2.40 bits per heavy atom. The predicted octanol–water partition coefficient (Wildman–Crippen LogP) is 0.666. The van der Waals surface area contributed by atoms with Crippen molar-refractivity contribution in [3.05, 3.63) is 65.5 Å². The van der Waals surface area contributed by atoms with Crippen LogP contribution in [0.4, 0.5) is 4.39 Å². The molecule has 0 saturated carbocycles. The molecule has 1 aliphatic rings. The third-order valence-electron chi connectivity index (χ3n) is 6.41. The van der Waals surface area contributed by atoms with E-state index in [2.05, 4.69) is 21.3 Å². The average Bonchev–Trinajstić information content (AvgIpc) is 2.89. The number of carbonyl (C=O) groups excluding carboxylic acids is 5. The molecule has 6 N–H and O–H groups in total. The Morgan fingerprint density at radius 2 is 1.73 bits per heavy atom. The van der Waals surface area contributed by atoms with Gasteiger partial charge in [-0.15, -0.1) is 0 Å². The second kappa shape index (κ2) is 13.0. The lowest BCUT2D eigenvalue weighted by Crippen LogP contribution is -2.55. The smallest absolute Gasteiger partial charge is 0.255 e. The lowest BCUT2D eigenvalue weighted by atomic mass is 9.84. The minimum absolute atomic E-state index is 0.0182. The van der Waals surface area contributed by atoms with Gasteiger partial charge in [0, 0.05) is 12.0 Å². The van der Waals surface area contributed by atoms with Gasteiger partial charge in [-0.05, 0) is 36.8 Å². The van der Waals surface area contributed by atoms with Crippen LogP contribution in [0.25, 0.3) is 0 Å². The van der Waals surface area contributed by atoms with Crippen molar-refractivity contribution in [3.8, 4) is 5.75 Å². The molecule has 11 nitrogen and oxygen atoms in total. The van der Waals surface area contributed by atoms with E-state index in [1.807, 2.05) is 13.8 Å². The summed E-state index contributed by atoms with van der Waals surface area (Å²) < 4.78 is 19.1. The van der Waals surface area contributed by atoms with Crippen molar-refractivity contribution in [2.24, 2.45) is 5.73 Å². The molecule has 3 atom stereocenters. The van der Waals surface area contributed by atoms with E-state index in [1.165, 1.54) is 18.2 Å². The van der Waals surface area contributed by atoms with Crippen molar-refractivity contribution in [3.63, 3.8) is 0 Å². The summed E-state index contributed by atoms with van der Waals surface area (Å²) in [5, 5.41) is 10.4. The number of ether oxygens (including phenoxy) is 1. The van der Waals surface area contributed by atoms with E-state index in [9.17, 15) is 28.4 Å². The molecule has 0 spiro atoms. The largest absolute Gasteiger partial charge is 0.491 e. The molecule has 40 heavy (non-hydrogen) atoms. The van der Waals surface area contributed by atoms with Crippen molar-refractivity contribution < 1.29 is 33.1 Å². The molecule has 0 aliphatic carbocycles. The first kappa shape index (κ1) is 30.1. The summed E-state index contributed by atoms with van der Waals surface area (Å²) in [5.74, 6) is -3.71. The first-order chi connectivity index (χ1) is 18.9. The molecule has 1 aliphatic heterocycles. The minimum Gasteiger partial charge on any atom is -0.491 e. The second-order valence-electron chi connectivity index (χ2n) is 10.3. The zero-order valence-corrected chi connectivity index (χ0v) is 22.6. The van der Waals surface area contributed by atoms with E-state index in [1.54, 1.807) is 37.3 Å². The number of nitrogens with one attached hydrogen (secondary N) is 4. The Balaban J connectivity index is 1.87. The Morgan fingerprint density at radius 1 is 1.05 bits per heavy atom. The first-order valence-corrected chi connectivity index (χ1v) is 12.8. The highest BCUT2D eigenvalue weighted by Gasteiger charge is 2.31. The van der Waals surface area contributed by atoms with Crippen molar-refractivity contribution in [1.82, 2.24) is 21.3 Å². The molecular weight excluding hydrogens is 521 g/mol. The van der Waals surface area contributed by atoms with Gasteiger partial charge in [-0.1, -0.05) is 38.1 Å². The molecule has 12 heteroatoms. The maximum Gasteiger partial charge on any atom is 0.255 e. The molecule has 0 bridgehead atoms. The SMILES string of the molecule is C[C@@H]1COc2ccccc2C(=O)N[C@H](C(=O)NCC(C)(C)c2ccc(F)cc2)CC(=O)N[C@@H](CC(N)=O)C(=O)N1. The fourth-order valence-corrected chi connectivity index (χ4v) is 4.11. The van der Waals surface area contributed by atoms with Crippen LogP contribution < -0.4 is 31.7 Å². The number of halogens is 1. The number of fused-ring (bicyclic) bond motifs is 1. The van der Waals surface area contributed by atoms with Gasteiger partial charge in [-0.2, -0.15) is 0 Å². The van der Waals surface area contributed by atoms with Crippen LogP contribution in [0.1, 0.15) is 49.5 Å². The van der Waals surface area contributed by atoms with E-state index in [4.69, 9.17) is 10.5 Å². The molecule has 0 aromatic heterocycles. The maximum atomic E-state index is 13.4. The fourth-order valence-electron chi connectivity index (χ4n) is 4.11. The maximum absolute atomic E-state index is 13.4. The normalized spacial score (nSPS) is 20.5. The molecular formula is C28H34FN5O6. The summed E-state index contributed by atoms with van der Waals surface area (Å²) in [6.45, 7) is 5.44. The van der Waals surface area contributed by atoms with Crippen LogP contribution >= 0.6 is 0 Å². The number of para-hydroxylation sites is 1. The van der Waals surface area contributed by atoms with Crippen LogP contribution in [0.2, 0.25) is 0 Å². The molecule has 0 saturated heterocycles. The molecule has 3 rings (SSSR count). The highest BCUT2D eigenvalue weighted by Crippen LogP contribution is 2.23. The summed E-state index contributed by atoms with van der Waals surface area (Å²) in [4.78, 5) is 63.8. The molecule has 0 radical (unpaired) electrons. The number of hydrogen-bond acceptors (Lipinski definition) is 6. The number of amides is 5. The lowest BCUT2D eigenvalue weighted by molar-refractivity contribution is -0.133. The summed E-state index contributed by atoms with van der Waals surface area (Å²) in [6.07, 6.45) is -1.00. The first-order valence-electron chi connectivity index (χ1n) is 12.8. The van der Waals surface area contributed by atoms with Crippen molar-refractivity contribution in [2.75, 3.05) is 13.2 Å². The molecule has 0 fully saturated rings. The monoisotopic (exact) mass is 555 g/mol. The summed E-state index contributed by atoms with van der Waals surface area (Å²) in [7, 11) is 0. The lowest BCUT2D eigenvalue weighted by Gasteiger charge is -2.28. The molecule has 1 heterocycles. The highest BCUT2D eigenvalue weighted by atomic mass is 19.1. The molecule has 2 aromatic rings. The van der Waals surface area contributed by atoms with Crippen molar-refractivity contribution >= 4 is 29.5 Å². The molecule has 0 unspecified atom stereocenters. The third kappa shape index (κ3) is 8.26. The number of hydrogen-bond donors (Lipinski definition) is 5. The van der Waals surface area contributed by atoms with E-state index >= 15 is 0 Å². The van der Waals surface area contributed by atoms with Crippen molar-refractivity contribution in [2.45, 2.75) is 57.2 Å². The quantitative estimate of drug-likeness (QED) is 0.351. The van der Waals surface area contributed by atoms with Gasteiger partial charge >= 0.3 is 0 Å². The zero-order valence-electron chi connectivity index (χ0n) is 22.6. The average molecular weight is 556 g/mol. The minimum atomic E-state index is -1.34. The van der Waals surface area contributed by atoms with Gasteiger partial charge in [0.2, 0.25) is 23.6 Å². The molecule has 214 valence electrons. The number of rotatable bonds is 6. The van der Waals surface area contributed by atoms with Gasteiger partial charge in [0.25, 0.3) is 5.91 Å². The second-order valence-corrected chi connectivity index (χ2v) is 10.3. The van der Waals surface area contributed by atoms with Crippen LogP contribution in [0, 0.1) is 5.82 Å². The third-order valence-corrected chi connectivity index (χ3v) is 6.41. The number of carbonyl (C=O) groups is 5. The molecule has 5 amide bonds. The van der Waals surface area contributed by atoms with Crippen LogP contribution in [0.15, 0.2) is 48.5 Å². The van der Waals surface area contributed by atoms with Crippen LogP contribution in [0.5, 0.6) is 5.75 Å². The highest BCUT2D eigenvalue weighted by molar-refractivity contribution is 6.01. The zero-order chi connectivity index (χ0) is 29.4. The van der Waals surface area contributed by atoms with Gasteiger partial charge in [0.05, 0.1) is 24.4 Å². The topological polar surface area (TPSA) is 169 Å². The van der Waals surface area contributed by atoms with E-state index in [-0.39, 0.29) is 30.3 Å². The summed E-state index contributed by atoms with van der Waals surface area (Å²) in [5.41, 5.74) is 5.56. The van der Waals surface area contributed by atoms with Gasteiger partial charge < -0.3 is 31.7 Å². The van der Waals surface area contributed by atoms with E-state index in [0.29, 0.717) is 0 Å². The summed E-state index contributed by atoms with van der Waals surface area (Å²) in [6, 6.07) is 9.05. The Bertz CT molecular complexity index is 1270. The van der Waals surface area contributed by atoms with E-state index in [0.717, 1.165) is 5.56 Å². The molecule has 2 aromatic carbocycles. The Labute approximate surface area is 231 Å². The van der Waals surface area contributed by atoms with Crippen LogP contribution in [-0.4, -0.2) is 60.8 Å². The number of benzene rings is 2. The van der Waals surface area contributed by atoms with E-state index < -0.39 is 65.9 Å². The summed E-state index contributed by atoms with van der Waals surface area (Å²) >= 11 is 0. The Kier molecular flexibility index (Phi) is 9.81. The standard InChI is InChI=1S/C28H34FN5O6/c1-16-14-40-22-7-5-4-6-19(22)25(37)34-21(13-24(36)33-20(12-23(30)35)27(39)32-16)26(38)31-15-28(2,3)17-8-10-18(29)11-9-17/h4-11,16,20-21H,12-15H2,1-3H3,(H2,30,35)(H,31,38)(H,32,39)(H,33,36)(H,34,37)/t16-,20+,21+/m1/s1. The van der Waals surface area contributed by atoms with Crippen LogP contribution in [0.3, 0.4) is 0 Å². The van der Waals surface area contributed by atoms with Gasteiger partial charge in [0.1, 0.15) is 30.3 Å². The van der Waals surface area contributed by atoms with Gasteiger partial charge in [0.15, 0.2) is 0 Å². The van der Waals surface area contributed by atoms with Crippen LogP contribution in [-0.2, 0) is 24.6 Å². The van der Waals surface area contributed by atoms with Gasteiger partial charge in [-0.3, -0.25) is 24.0 Å². The van der Waals surface area contributed by atoms with Crippen molar-refractivity contribution in [1.29, 1.82) is 0 Å².